The molecule has 74 heavy (non-hydrogen) atoms. The molecule has 0 N–H and O–H groups in total. The molecule has 0 amide bonds. The molecule has 14 aromatic rings. The van der Waals surface area contributed by atoms with Gasteiger partial charge in [0.2, 0.25) is 0 Å². The Balaban J connectivity index is 0.000000131. The van der Waals surface area contributed by atoms with Crippen LogP contribution in [0.25, 0.3) is 145 Å². The molecule has 2 heterocycles. The van der Waals surface area contributed by atoms with Crippen LogP contribution in [0.15, 0.2) is 267 Å². The Morgan fingerprint density at radius 1 is 0.230 bits per heavy atom. The number of hydrogen-bond acceptors (Lipinski definition) is 2. The van der Waals surface area contributed by atoms with Crippen molar-refractivity contribution in [2.75, 3.05) is 0 Å². The summed E-state index contributed by atoms with van der Waals surface area (Å²) in [5, 5.41) is 5.34. The van der Waals surface area contributed by atoms with Crippen LogP contribution in [0.4, 0.5) is 0 Å². The fraction of sp³-hybridized carbons (Fsp3) is 0. The summed E-state index contributed by atoms with van der Waals surface area (Å²) in [6, 6.07) is 95.4. The van der Waals surface area contributed by atoms with Crippen LogP contribution in [0.3, 0.4) is 0 Å². The van der Waals surface area contributed by atoms with Gasteiger partial charge in [0.15, 0.2) is 0 Å². The molecule has 2 aliphatic rings. The van der Waals surface area contributed by atoms with Gasteiger partial charge in [0.1, 0.15) is 11.6 Å². The molecule has 4 heteroatoms. The summed E-state index contributed by atoms with van der Waals surface area (Å²) in [4.78, 5) is 10.00. The first kappa shape index (κ1) is 41.8. The van der Waals surface area contributed by atoms with Crippen molar-refractivity contribution < 1.29 is 0 Å². The van der Waals surface area contributed by atoms with Crippen LogP contribution in [0.2, 0.25) is 0 Å². The van der Waals surface area contributed by atoms with E-state index < -0.39 is 0 Å². The van der Waals surface area contributed by atoms with E-state index in [1.54, 1.807) is 0 Å². The van der Waals surface area contributed by atoms with Crippen molar-refractivity contribution in [1.82, 2.24) is 19.1 Å². The van der Waals surface area contributed by atoms with Gasteiger partial charge in [-0.15, -0.1) is 0 Å². The molecule has 0 unspecified atom stereocenters. The second-order valence-corrected chi connectivity index (χ2v) is 19.3. The lowest BCUT2D eigenvalue weighted by Crippen LogP contribution is -1.97. The minimum atomic E-state index is 0.954. The number of nitrogens with zero attached hydrogens (tertiary/aromatic N) is 4. The van der Waals surface area contributed by atoms with Gasteiger partial charge in [-0.2, -0.15) is 0 Å². The van der Waals surface area contributed by atoms with E-state index in [1.165, 1.54) is 88.3 Å². The van der Waals surface area contributed by atoms with Crippen LogP contribution in [0, 0.1) is 0 Å². The van der Waals surface area contributed by atoms with E-state index in [1.807, 2.05) is 24.3 Å². The Morgan fingerprint density at radius 3 is 1.08 bits per heavy atom. The molecule has 344 valence electrons. The summed E-state index contributed by atoms with van der Waals surface area (Å²) in [5.41, 5.74) is 24.1. The maximum atomic E-state index is 5.02. The van der Waals surface area contributed by atoms with E-state index in [0.717, 1.165) is 56.2 Å². The molecule has 12 aromatic carbocycles. The molecule has 0 spiro atoms. The van der Waals surface area contributed by atoms with Gasteiger partial charge in [-0.1, -0.05) is 206 Å². The topological polar surface area (TPSA) is 35.6 Å². The molecule has 0 saturated heterocycles. The van der Waals surface area contributed by atoms with Crippen molar-refractivity contribution in [1.29, 1.82) is 0 Å². The van der Waals surface area contributed by atoms with Gasteiger partial charge >= 0.3 is 0 Å². The minimum Gasteiger partial charge on any atom is -0.292 e. The highest BCUT2D eigenvalue weighted by Gasteiger charge is 2.24. The summed E-state index contributed by atoms with van der Waals surface area (Å²) in [5.74, 6) is 1.91. The average Bonchev–Trinajstić information content (AvgIpc) is 4.25. The number of imidazole rings is 2. The zero-order chi connectivity index (χ0) is 48.7. The highest BCUT2D eigenvalue weighted by molar-refractivity contribution is 6.17. The summed E-state index contributed by atoms with van der Waals surface area (Å²) < 4.78 is 4.51. The normalized spacial score (nSPS) is 11.8. The van der Waals surface area contributed by atoms with Crippen molar-refractivity contribution in [2.45, 2.75) is 0 Å². The highest BCUT2D eigenvalue weighted by atomic mass is 15.1. The van der Waals surface area contributed by atoms with Crippen LogP contribution < -0.4 is 0 Å². The van der Waals surface area contributed by atoms with E-state index in [4.69, 9.17) is 9.97 Å². The molecule has 4 nitrogen and oxygen atoms in total. The van der Waals surface area contributed by atoms with Crippen molar-refractivity contribution >= 4 is 43.6 Å². The summed E-state index contributed by atoms with van der Waals surface area (Å²) in [7, 11) is 0. The number of para-hydroxylation sites is 5. The van der Waals surface area contributed by atoms with Gasteiger partial charge < -0.3 is 0 Å². The number of hydrogen-bond donors (Lipinski definition) is 0. The minimum absolute atomic E-state index is 0.954. The molecular weight excluding hydrogens is 897 g/mol. The zero-order valence-corrected chi connectivity index (χ0v) is 40.2. The highest BCUT2D eigenvalue weighted by Crippen LogP contribution is 2.50. The van der Waals surface area contributed by atoms with Crippen molar-refractivity contribution in [3.05, 3.63) is 267 Å². The summed E-state index contributed by atoms with van der Waals surface area (Å²) >= 11 is 0. The van der Waals surface area contributed by atoms with Gasteiger partial charge in [0.25, 0.3) is 0 Å². The molecule has 0 atom stereocenters. The average molecular weight is 941 g/mol. The third-order valence-corrected chi connectivity index (χ3v) is 15.1. The quantitative estimate of drug-likeness (QED) is 0.167. The number of rotatable bonds is 6. The molecule has 0 radical (unpaired) electrons. The first-order valence-electron chi connectivity index (χ1n) is 25.3. The van der Waals surface area contributed by atoms with E-state index in [2.05, 4.69) is 252 Å². The Morgan fingerprint density at radius 2 is 0.595 bits per heavy atom. The maximum absolute atomic E-state index is 5.02. The van der Waals surface area contributed by atoms with E-state index in [-0.39, 0.29) is 0 Å². The van der Waals surface area contributed by atoms with Gasteiger partial charge in [0, 0.05) is 22.5 Å². The molecular formula is C70H44N4. The van der Waals surface area contributed by atoms with E-state index in [9.17, 15) is 0 Å². The first-order valence-corrected chi connectivity index (χ1v) is 25.3. The molecule has 2 aromatic heterocycles. The first-order chi connectivity index (χ1) is 36.7. The third kappa shape index (κ3) is 6.69. The van der Waals surface area contributed by atoms with Crippen molar-refractivity contribution in [2.24, 2.45) is 0 Å². The van der Waals surface area contributed by atoms with E-state index >= 15 is 0 Å². The second-order valence-electron chi connectivity index (χ2n) is 19.3. The lowest BCUT2D eigenvalue weighted by molar-refractivity contribution is 1.10. The zero-order valence-electron chi connectivity index (χ0n) is 40.2. The Hall–Kier alpha value is -9.90. The van der Waals surface area contributed by atoms with Gasteiger partial charge in [-0.3, -0.25) is 9.13 Å². The number of benzene rings is 12. The predicted octanol–water partition coefficient (Wildman–Crippen LogP) is 18.3. The molecule has 2 aliphatic carbocycles. The lowest BCUT2D eigenvalue weighted by atomic mass is 9.97. The molecule has 0 fully saturated rings. The summed E-state index contributed by atoms with van der Waals surface area (Å²) in [6.45, 7) is 0. The fourth-order valence-electron chi connectivity index (χ4n) is 11.7. The SMILES string of the molecule is c1ccc(-c2nc3ccccc3n2-c2ccc(-c3ccc4c(c3)-c3cccc5cccc-4c35)cc2)cc1.c1ccc(-n2c(-c3ccc(-c4ccc5c(c4)-c4cccc6cccc-5c46)cc3)nc3ccccc32)cc1. The Labute approximate surface area is 428 Å². The number of aromatic nitrogens is 4. The molecule has 0 saturated carbocycles. The standard InChI is InChI=1S/2C35H22N2/c1-2-10-27(11-3-1)37-33-15-5-4-14-32(33)36-35(37)25-18-16-23(17-19-25)26-20-21-28-29-12-6-8-24-9-7-13-30(34(24)29)31(28)22-26;1-2-8-25(9-3-1)35-36-32-14-4-5-15-33(32)37(35)27-19-16-23(17-20-27)26-18-21-28-29-12-6-10-24-11-7-13-30(34(24)29)31(28)22-26/h2*1-22H. The van der Waals surface area contributed by atoms with Crippen molar-refractivity contribution in [3.8, 4) is 101 Å². The largest absolute Gasteiger partial charge is 0.292 e. The molecule has 16 rings (SSSR count). The van der Waals surface area contributed by atoms with Gasteiger partial charge in [-0.05, 0) is 149 Å². The second kappa shape index (κ2) is 16.9. The Bertz CT molecular complexity index is 4490. The predicted molar refractivity (Wildman–Crippen MR) is 308 cm³/mol. The number of fused-ring (bicyclic) bond motifs is 8. The van der Waals surface area contributed by atoms with Crippen LogP contribution in [-0.4, -0.2) is 19.1 Å². The summed E-state index contributed by atoms with van der Waals surface area (Å²) in [6.07, 6.45) is 0. The van der Waals surface area contributed by atoms with Crippen LogP contribution in [-0.2, 0) is 0 Å². The molecule has 0 aliphatic heterocycles. The monoisotopic (exact) mass is 940 g/mol. The molecule has 0 bridgehead atoms. The maximum Gasteiger partial charge on any atom is 0.145 e. The Kier molecular flexibility index (Phi) is 9.54. The van der Waals surface area contributed by atoms with Crippen LogP contribution in [0.1, 0.15) is 0 Å². The smallest absolute Gasteiger partial charge is 0.145 e. The van der Waals surface area contributed by atoms with Gasteiger partial charge in [0.05, 0.1) is 22.1 Å². The van der Waals surface area contributed by atoms with Crippen molar-refractivity contribution in [3.63, 3.8) is 0 Å². The van der Waals surface area contributed by atoms with Crippen LogP contribution in [0.5, 0.6) is 0 Å². The van der Waals surface area contributed by atoms with Crippen LogP contribution >= 0.6 is 0 Å². The fourth-order valence-corrected chi connectivity index (χ4v) is 11.7. The van der Waals surface area contributed by atoms with E-state index in [0.29, 0.717) is 0 Å². The third-order valence-electron chi connectivity index (χ3n) is 15.1. The van der Waals surface area contributed by atoms with Gasteiger partial charge in [-0.25, -0.2) is 9.97 Å². The lowest BCUT2D eigenvalue weighted by Gasteiger charge is -2.12.